The Morgan fingerprint density at radius 1 is 1.44 bits per heavy atom. The molecule has 0 saturated carbocycles. The number of esters is 1. The number of benzene rings is 1. The Labute approximate surface area is 100 Å². The zero-order chi connectivity index (χ0) is 11.5. The molecular formula is C11H8BrNO3. The van der Waals surface area contributed by atoms with Crippen LogP contribution in [0.4, 0.5) is 0 Å². The Balaban J connectivity index is 2.39. The van der Waals surface area contributed by atoms with Crippen LogP contribution in [-0.4, -0.2) is 18.1 Å². The van der Waals surface area contributed by atoms with Gasteiger partial charge in [-0.05, 0) is 28.1 Å². The number of halogens is 1. The minimum absolute atomic E-state index is 0.160. The van der Waals surface area contributed by atoms with E-state index in [-0.39, 0.29) is 5.69 Å². The maximum absolute atomic E-state index is 11.2. The molecule has 0 fully saturated rings. The molecule has 0 radical (unpaired) electrons. The second kappa shape index (κ2) is 4.49. The van der Waals surface area contributed by atoms with Crippen LogP contribution in [0.1, 0.15) is 10.5 Å². The highest BCUT2D eigenvalue weighted by atomic mass is 79.9. The Morgan fingerprint density at radius 3 is 2.88 bits per heavy atom. The molecule has 2 aromatic rings. The van der Waals surface area contributed by atoms with E-state index >= 15 is 0 Å². The normalized spacial score (nSPS) is 10.1. The smallest absolute Gasteiger partial charge is 0.360 e. The maximum atomic E-state index is 11.2. The molecule has 0 N–H and O–H groups in total. The van der Waals surface area contributed by atoms with E-state index in [1.807, 2.05) is 24.3 Å². The lowest BCUT2D eigenvalue weighted by Crippen LogP contribution is -2.00. The van der Waals surface area contributed by atoms with E-state index in [9.17, 15) is 4.79 Å². The third-order valence-electron chi connectivity index (χ3n) is 2.00. The highest BCUT2D eigenvalue weighted by molar-refractivity contribution is 9.10. The minimum Gasteiger partial charge on any atom is -0.464 e. The molecule has 0 atom stereocenters. The highest BCUT2D eigenvalue weighted by Gasteiger charge is 2.14. The summed E-state index contributed by atoms with van der Waals surface area (Å²) in [5.41, 5.74) is 0.950. The van der Waals surface area contributed by atoms with Crippen LogP contribution in [0.3, 0.4) is 0 Å². The van der Waals surface area contributed by atoms with Crippen molar-refractivity contribution in [2.45, 2.75) is 0 Å². The Kier molecular flexibility index (Phi) is 3.05. The van der Waals surface area contributed by atoms with Gasteiger partial charge in [0, 0.05) is 4.47 Å². The summed E-state index contributed by atoms with van der Waals surface area (Å²) in [5.74, 6) is -0.130. The number of hydrogen-bond acceptors (Lipinski definition) is 4. The Morgan fingerprint density at radius 2 is 2.19 bits per heavy atom. The van der Waals surface area contributed by atoms with Crippen molar-refractivity contribution in [1.29, 1.82) is 0 Å². The SMILES string of the molecule is COC(=O)c1coc(-c2ccccc2Br)n1. The van der Waals surface area contributed by atoms with Crippen molar-refractivity contribution in [3.8, 4) is 11.5 Å². The van der Waals surface area contributed by atoms with Gasteiger partial charge in [0.25, 0.3) is 0 Å². The summed E-state index contributed by atoms with van der Waals surface area (Å²) >= 11 is 3.38. The van der Waals surface area contributed by atoms with Crippen LogP contribution >= 0.6 is 15.9 Å². The standard InChI is InChI=1S/C11H8BrNO3/c1-15-11(14)9-6-16-10(13-9)7-4-2-3-5-8(7)12/h2-6H,1H3. The van der Waals surface area contributed by atoms with E-state index in [1.165, 1.54) is 13.4 Å². The molecule has 4 nitrogen and oxygen atoms in total. The minimum atomic E-state index is -0.512. The monoisotopic (exact) mass is 281 g/mol. The van der Waals surface area contributed by atoms with Crippen molar-refractivity contribution in [3.63, 3.8) is 0 Å². The van der Waals surface area contributed by atoms with Gasteiger partial charge in [-0.25, -0.2) is 9.78 Å². The second-order valence-electron chi connectivity index (χ2n) is 3.01. The molecule has 1 aromatic carbocycles. The number of ether oxygens (including phenoxy) is 1. The molecule has 1 heterocycles. The van der Waals surface area contributed by atoms with Crippen LogP contribution in [0.5, 0.6) is 0 Å². The third-order valence-corrected chi connectivity index (χ3v) is 2.69. The Hall–Kier alpha value is -1.62. The van der Waals surface area contributed by atoms with Gasteiger partial charge in [-0.3, -0.25) is 0 Å². The third kappa shape index (κ3) is 1.99. The Bertz CT molecular complexity index is 521. The van der Waals surface area contributed by atoms with Gasteiger partial charge in [-0.1, -0.05) is 12.1 Å². The highest BCUT2D eigenvalue weighted by Crippen LogP contribution is 2.27. The first-order chi connectivity index (χ1) is 7.72. The van der Waals surface area contributed by atoms with Crippen LogP contribution in [0.15, 0.2) is 39.4 Å². The molecule has 5 heteroatoms. The molecule has 0 aliphatic rings. The van der Waals surface area contributed by atoms with Crippen molar-refractivity contribution >= 4 is 21.9 Å². The van der Waals surface area contributed by atoms with Crippen LogP contribution in [0.2, 0.25) is 0 Å². The number of rotatable bonds is 2. The average molecular weight is 282 g/mol. The zero-order valence-electron chi connectivity index (χ0n) is 8.44. The molecule has 0 unspecified atom stereocenters. The zero-order valence-corrected chi connectivity index (χ0v) is 10.0. The molecule has 1 aromatic heterocycles. The van der Waals surface area contributed by atoms with Gasteiger partial charge >= 0.3 is 5.97 Å². The van der Waals surface area contributed by atoms with Gasteiger partial charge in [-0.2, -0.15) is 0 Å². The van der Waals surface area contributed by atoms with Gasteiger partial charge < -0.3 is 9.15 Å². The largest absolute Gasteiger partial charge is 0.464 e. The summed E-state index contributed by atoms with van der Waals surface area (Å²) in [4.78, 5) is 15.2. The fourth-order valence-electron chi connectivity index (χ4n) is 1.23. The van der Waals surface area contributed by atoms with Crippen molar-refractivity contribution in [2.75, 3.05) is 7.11 Å². The van der Waals surface area contributed by atoms with Crippen LogP contribution in [0, 0.1) is 0 Å². The maximum Gasteiger partial charge on any atom is 0.360 e. The van der Waals surface area contributed by atoms with Crippen molar-refractivity contribution in [3.05, 3.63) is 40.7 Å². The van der Waals surface area contributed by atoms with E-state index in [2.05, 4.69) is 25.7 Å². The molecular weight excluding hydrogens is 274 g/mol. The van der Waals surface area contributed by atoms with Gasteiger partial charge in [0.05, 0.1) is 12.7 Å². The lowest BCUT2D eigenvalue weighted by atomic mass is 10.2. The number of carbonyl (C=O) groups is 1. The number of hydrogen-bond donors (Lipinski definition) is 0. The van der Waals surface area contributed by atoms with Crippen molar-refractivity contribution in [2.24, 2.45) is 0 Å². The summed E-state index contributed by atoms with van der Waals surface area (Å²) in [7, 11) is 1.30. The second-order valence-corrected chi connectivity index (χ2v) is 3.86. The molecule has 2 rings (SSSR count). The number of carbonyl (C=O) groups excluding carboxylic acids is 1. The molecule has 0 bridgehead atoms. The fraction of sp³-hybridized carbons (Fsp3) is 0.0909. The fourth-order valence-corrected chi connectivity index (χ4v) is 1.68. The van der Waals surface area contributed by atoms with Gasteiger partial charge in [0.15, 0.2) is 5.69 Å². The number of oxazole rings is 1. The van der Waals surface area contributed by atoms with Gasteiger partial charge in [-0.15, -0.1) is 0 Å². The summed E-state index contributed by atoms with van der Waals surface area (Å²) < 4.78 is 10.6. The summed E-state index contributed by atoms with van der Waals surface area (Å²) in [6.45, 7) is 0. The van der Waals surface area contributed by atoms with E-state index in [0.29, 0.717) is 5.89 Å². The molecule has 0 spiro atoms. The van der Waals surface area contributed by atoms with Crippen LogP contribution in [-0.2, 0) is 4.74 Å². The number of nitrogens with zero attached hydrogens (tertiary/aromatic N) is 1. The quantitative estimate of drug-likeness (QED) is 0.795. The van der Waals surface area contributed by atoms with E-state index < -0.39 is 5.97 Å². The predicted octanol–water partition coefficient (Wildman–Crippen LogP) is 2.89. The topological polar surface area (TPSA) is 52.3 Å². The molecule has 82 valence electrons. The first kappa shape index (κ1) is 10.9. The van der Waals surface area contributed by atoms with Gasteiger partial charge in [0.1, 0.15) is 6.26 Å². The van der Waals surface area contributed by atoms with E-state index in [0.717, 1.165) is 10.0 Å². The summed E-state index contributed by atoms with van der Waals surface area (Å²) in [6.07, 6.45) is 1.28. The van der Waals surface area contributed by atoms with Gasteiger partial charge in [0.2, 0.25) is 5.89 Å². The summed E-state index contributed by atoms with van der Waals surface area (Å²) in [5, 5.41) is 0. The first-order valence-electron chi connectivity index (χ1n) is 4.51. The molecule has 0 amide bonds. The predicted molar refractivity (Wildman–Crippen MR) is 61.0 cm³/mol. The molecule has 0 saturated heterocycles. The lowest BCUT2D eigenvalue weighted by Gasteiger charge is -1.97. The van der Waals surface area contributed by atoms with E-state index in [1.54, 1.807) is 0 Å². The summed E-state index contributed by atoms with van der Waals surface area (Å²) in [6, 6.07) is 7.47. The van der Waals surface area contributed by atoms with Crippen LogP contribution in [0.25, 0.3) is 11.5 Å². The molecule has 16 heavy (non-hydrogen) atoms. The van der Waals surface area contributed by atoms with Crippen LogP contribution < -0.4 is 0 Å². The average Bonchev–Trinajstić information content (AvgIpc) is 2.78. The lowest BCUT2D eigenvalue weighted by molar-refractivity contribution is 0.0594. The molecule has 0 aliphatic heterocycles. The number of methoxy groups -OCH3 is 1. The first-order valence-corrected chi connectivity index (χ1v) is 5.30. The van der Waals surface area contributed by atoms with Crippen molar-refractivity contribution < 1.29 is 13.9 Å². The van der Waals surface area contributed by atoms with E-state index in [4.69, 9.17) is 4.42 Å². The number of aromatic nitrogens is 1. The molecule has 0 aliphatic carbocycles. The van der Waals surface area contributed by atoms with Crippen molar-refractivity contribution in [1.82, 2.24) is 4.98 Å².